The molecule has 1 unspecified atom stereocenters. The van der Waals surface area contributed by atoms with Gasteiger partial charge in [0.05, 0.1) is 13.2 Å². The topological polar surface area (TPSA) is 35.2 Å². The molecule has 0 aliphatic rings. The molecule has 0 fully saturated rings. The third-order valence-electron chi connectivity index (χ3n) is 3.59. The second-order valence-corrected chi connectivity index (χ2v) is 4.86. The molecule has 0 aliphatic carbocycles. The van der Waals surface area contributed by atoms with E-state index in [1.807, 2.05) is 30.3 Å². The van der Waals surface area contributed by atoms with E-state index >= 15 is 0 Å². The summed E-state index contributed by atoms with van der Waals surface area (Å²) in [6.07, 6.45) is 0. The second kappa shape index (κ2) is 5.35. The van der Waals surface area contributed by atoms with Crippen LogP contribution in [0.1, 0.15) is 17.2 Å². The van der Waals surface area contributed by atoms with Crippen LogP contribution >= 0.6 is 0 Å². The standard InChI is InChI=1S/C18H17NO/c1-20-17-10-9-14-11-16(8-7-15(14)12-17)18(19)13-5-3-2-4-6-13/h2-12,18H,19H2,1H3. The van der Waals surface area contributed by atoms with Crippen LogP contribution in [0.15, 0.2) is 66.7 Å². The molecule has 0 heterocycles. The summed E-state index contributed by atoms with van der Waals surface area (Å²) in [6, 6.07) is 22.4. The van der Waals surface area contributed by atoms with Gasteiger partial charge >= 0.3 is 0 Å². The molecule has 2 N–H and O–H groups in total. The highest BCUT2D eigenvalue weighted by Gasteiger charge is 2.09. The Morgan fingerprint density at radius 3 is 2.25 bits per heavy atom. The Bertz CT molecular complexity index is 722. The van der Waals surface area contributed by atoms with Gasteiger partial charge in [0.25, 0.3) is 0 Å². The zero-order valence-corrected chi connectivity index (χ0v) is 11.4. The number of fused-ring (bicyclic) bond motifs is 1. The second-order valence-electron chi connectivity index (χ2n) is 4.86. The molecule has 1 atom stereocenters. The van der Waals surface area contributed by atoms with E-state index in [9.17, 15) is 0 Å². The van der Waals surface area contributed by atoms with Crippen LogP contribution in [0.3, 0.4) is 0 Å². The fourth-order valence-electron chi connectivity index (χ4n) is 2.42. The van der Waals surface area contributed by atoms with Crippen molar-refractivity contribution in [3.05, 3.63) is 77.9 Å². The molecule has 0 saturated heterocycles. The summed E-state index contributed by atoms with van der Waals surface area (Å²) >= 11 is 0. The molecule has 0 amide bonds. The Morgan fingerprint density at radius 2 is 1.50 bits per heavy atom. The van der Waals surface area contributed by atoms with Crippen molar-refractivity contribution in [1.29, 1.82) is 0 Å². The molecule has 0 radical (unpaired) electrons. The molecular weight excluding hydrogens is 246 g/mol. The number of hydrogen-bond donors (Lipinski definition) is 1. The van der Waals surface area contributed by atoms with E-state index in [1.54, 1.807) is 7.11 Å². The average Bonchev–Trinajstić information content (AvgIpc) is 2.54. The van der Waals surface area contributed by atoms with Crippen molar-refractivity contribution in [2.45, 2.75) is 6.04 Å². The highest BCUT2D eigenvalue weighted by Crippen LogP contribution is 2.26. The Hall–Kier alpha value is -2.32. The lowest BCUT2D eigenvalue weighted by atomic mass is 9.97. The number of nitrogens with two attached hydrogens (primary N) is 1. The number of hydrogen-bond acceptors (Lipinski definition) is 2. The van der Waals surface area contributed by atoms with Gasteiger partial charge in [0.2, 0.25) is 0 Å². The first-order valence-corrected chi connectivity index (χ1v) is 6.66. The van der Waals surface area contributed by atoms with Crippen molar-refractivity contribution in [1.82, 2.24) is 0 Å². The van der Waals surface area contributed by atoms with Gasteiger partial charge in [-0.3, -0.25) is 0 Å². The maximum Gasteiger partial charge on any atom is 0.119 e. The van der Waals surface area contributed by atoms with Gasteiger partial charge in [-0.2, -0.15) is 0 Å². The van der Waals surface area contributed by atoms with E-state index in [-0.39, 0.29) is 6.04 Å². The van der Waals surface area contributed by atoms with Crippen LogP contribution in [0, 0.1) is 0 Å². The van der Waals surface area contributed by atoms with Crippen molar-refractivity contribution in [2.24, 2.45) is 5.73 Å². The van der Waals surface area contributed by atoms with Gasteiger partial charge < -0.3 is 10.5 Å². The van der Waals surface area contributed by atoms with Gasteiger partial charge in [0.1, 0.15) is 5.75 Å². The Balaban J connectivity index is 2.01. The highest BCUT2D eigenvalue weighted by atomic mass is 16.5. The minimum Gasteiger partial charge on any atom is -0.497 e. The third kappa shape index (κ3) is 2.38. The molecule has 2 heteroatoms. The predicted octanol–water partition coefficient (Wildman–Crippen LogP) is 3.90. The summed E-state index contributed by atoms with van der Waals surface area (Å²) in [5, 5.41) is 2.34. The van der Waals surface area contributed by atoms with Crippen LogP contribution in [0.4, 0.5) is 0 Å². The van der Waals surface area contributed by atoms with Crippen molar-refractivity contribution < 1.29 is 4.74 Å². The first kappa shape index (κ1) is 12.7. The Morgan fingerprint density at radius 1 is 0.800 bits per heavy atom. The van der Waals surface area contributed by atoms with E-state index in [1.165, 1.54) is 5.39 Å². The molecule has 3 rings (SSSR count). The fraction of sp³-hybridized carbons (Fsp3) is 0.111. The molecule has 0 bridgehead atoms. The third-order valence-corrected chi connectivity index (χ3v) is 3.59. The molecule has 0 saturated carbocycles. The van der Waals surface area contributed by atoms with Gasteiger partial charge in [-0.25, -0.2) is 0 Å². The van der Waals surface area contributed by atoms with Gasteiger partial charge in [-0.15, -0.1) is 0 Å². The molecular formula is C18H17NO. The molecule has 100 valence electrons. The summed E-state index contributed by atoms with van der Waals surface area (Å²) in [6.45, 7) is 0. The van der Waals surface area contributed by atoms with Gasteiger partial charge in [-0.1, -0.05) is 48.5 Å². The van der Waals surface area contributed by atoms with Crippen LogP contribution in [0.25, 0.3) is 10.8 Å². The molecule has 20 heavy (non-hydrogen) atoms. The predicted molar refractivity (Wildman–Crippen MR) is 83.0 cm³/mol. The number of ether oxygens (including phenoxy) is 1. The minimum absolute atomic E-state index is 0.0947. The lowest BCUT2D eigenvalue weighted by Gasteiger charge is -2.13. The van der Waals surface area contributed by atoms with Gasteiger partial charge in [0, 0.05) is 0 Å². The highest BCUT2D eigenvalue weighted by molar-refractivity contribution is 5.84. The van der Waals surface area contributed by atoms with Crippen molar-refractivity contribution in [2.75, 3.05) is 7.11 Å². The van der Waals surface area contributed by atoms with Crippen molar-refractivity contribution in [3.8, 4) is 5.75 Å². The summed E-state index contributed by atoms with van der Waals surface area (Å²) in [4.78, 5) is 0. The van der Waals surface area contributed by atoms with E-state index in [2.05, 4.69) is 36.4 Å². The summed E-state index contributed by atoms with van der Waals surface area (Å²) in [5.74, 6) is 0.873. The largest absolute Gasteiger partial charge is 0.497 e. The maximum absolute atomic E-state index is 6.34. The number of rotatable bonds is 3. The fourth-order valence-corrected chi connectivity index (χ4v) is 2.42. The van der Waals surface area contributed by atoms with E-state index < -0.39 is 0 Å². The van der Waals surface area contributed by atoms with Crippen LogP contribution in [-0.2, 0) is 0 Å². The molecule has 3 aromatic carbocycles. The summed E-state index contributed by atoms with van der Waals surface area (Å²) in [5.41, 5.74) is 8.58. The van der Waals surface area contributed by atoms with Crippen LogP contribution in [-0.4, -0.2) is 7.11 Å². The van der Waals surface area contributed by atoms with Gasteiger partial charge in [0.15, 0.2) is 0 Å². The normalized spacial score (nSPS) is 12.3. The zero-order chi connectivity index (χ0) is 13.9. The lowest BCUT2D eigenvalue weighted by molar-refractivity contribution is 0.415. The van der Waals surface area contributed by atoms with Crippen molar-refractivity contribution in [3.63, 3.8) is 0 Å². The van der Waals surface area contributed by atoms with Crippen molar-refractivity contribution >= 4 is 10.8 Å². The monoisotopic (exact) mass is 263 g/mol. The molecule has 3 aromatic rings. The Labute approximate surface area is 118 Å². The minimum atomic E-state index is -0.0947. The van der Waals surface area contributed by atoms with Crippen LogP contribution in [0.5, 0.6) is 5.75 Å². The first-order chi connectivity index (χ1) is 9.78. The molecule has 0 spiro atoms. The van der Waals surface area contributed by atoms with Crippen LogP contribution in [0.2, 0.25) is 0 Å². The maximum atomic E-state index is 6.34. The Kier molecular flexibility index (Phi) is 3.40. The smallest absolute Gasteiger partial charge is 0.119 e. The lowest BCUT2D eigenvalue weighted by Crippen LogP contribution is -2.11. The number of methoxy groups -OCH3 is 1. The first-order valence-electron chi connectivity index (χ1n) is 6.66. The molecule has 0 aliphatic heterocycles. The van der Waals surface area contributed by atoms with E-state index in [0.29, 0.717) is 0 Å². The quantitative estimate of drug-likeness (QED) is 0.778. The SMILES string of the molecule is COc1ccc2cc(C(N)c3ccccc3)ccc2c1. The van der Waals surface area contributed by atoms with E-state index in [0.717, 1.165) is 22.3 Å². The summed E-state index contributed by atoms with van der Waals surface area (Å²) < 4.78 is 5.24. The zero-order valence-electron chi connectivity index (χ0n) is 11.4. The van der Waals surface area contributed by atoms with E-state index in [4.69, 9.17) is 10.5 Å². The summed E-state index contributed by atoms with van der Waals surface area (Å²) in [7, 11) is 1.68. The molecule has 2 nitrogen and oxygen atoms in total. The molecule has 0 aromatic heterocycles. The van der Waals surface area contributed by atoms with Gasteiger partial charge in [-0.05, 0) is 40.1 Å². The number of benzene rings is 3. The average molecular weight is 263 g/mol. The van der Waals surface area contributed by atoms with Crippen LogP contribution < -0.4 is 10.5 Å².